The van der Waals surface area contributed by atoms with Gasteiger partial charge in [-0.2, -0.15) is 0 Å². The Kier molecular flexibility index (Phi) is 6.06. The van der Waals surface area contributed by atoms with Crippen LogP contribution in [0.4, 0.5) is 5.13 Å². The van der Waals surface area contributed by atoms with Crippen molar-refractivity contribution in [3.63, 3.8) is 0 Å². The number of carbonyl (C=O) groups is 2. The van der Waals surface area contributed by atoms with Gasteiger partial charge >= 0.3 is 0 Å². The van der Waals surface area contributed by atoms with Gasteiger partial charge in [-0.15, -0.1) is 0 Å². The number of benzene rings is 2. The zero-order valence-corrected chi connectivity index (χ0v) is 17.3. The number of hydrogen-bond acceptors (Lipinski definition) is 5. The molecule has 0 saturated heterocycles. The number of quaternary nitrogens is 1. The lowest BCUT2D eigenvalue weighted by molar-refractivity contribution is -0.856. The molecule has 0 unspecified atom stereocenters. The van der Waals surface area contributed by atoms with Gasteiger partial charge in [-0.1, -0.05) is 29.5 Å². The highest BCUT2D eigenvalue weighted by atomic mass is 32.1. The Hall–Kier alpha value is -2.77. The highest BCUT2D eigenvalue weighted by Gasteiger charge is 2.23. The van der Waals surface area contributed by atoms with Crippen LogP contribution in [0.1, 0.15) is 27.6 Å². The number of para-hydroxylation sites is 1. The van der Waals surface area contributed by atoms with Gasteiger partial charge in [0.25, 0.3) is 5.91 Å². The fourth-order valence-electron chi connectivity index (χ4n) is 2.81. The van der Waals surface area contributed by atoms with E-state index in [1.54, 1.807) is 36.3 Å². The van der Waals surface area contributed by atoms with E-state index in [1.807, 2.05) is 32.3 Å². The van der Waals surface area contributed by atoms with Gasteiger partial charge < -0.3 is 9.64 Å². The van der Waals surface area contributed by atoms with Crippen molar-refractivity contribution in [2.75, 3.05) is 39.2 Å². The Balaban J connectivity index is 1.98. The van der Waals surface area contributed by atoms with E-state index in [2.05, 4.69) is 4.98 Å². The van der Waals surface area contributed by atoms with Crippen molar-refractivity contribution in [2.24, 2.45) is 0 Å². The van der Waals surface area contributed by atoms with E-state index in [0.717, 1.165) is 16.8 Å². The van der Waals surface area contributed by atoms with Crippen molar-refractivity contribution in [1.29, 1.82) is 0 Å². The second kappa shape index (κ2) is 8.50. The number of ketones is 1. The summed E-state index contributed by atoms with van der Waals surface area (Å²) in [4.78, 5) is 32.4. The summed E-state index contributed by atoms with van der Waals surface area (Å²) in [7, 11) is 5.71. The van der Waals surface area contributed by atoms with Crippen LogP contribution in [0.15, 0.2) is 42.5 Å². The largest absolute Gasteiger partial charge is 0.494 e. The molecule has 0 atom stereocenters. The third kappa shape index (κ3) is 4.21. The summed E-state index contributed by atoms with van der Waals surface area (Å²) < 4.78 is 6.37. The lowest BCUT2D eigenvalue weighted by Crippen LogP contribution is -3.06. The maximum atomic E-state index is 13.2. The van der Waals surface area contributed by atoms with Crippen molar-refractivity contribution in [2.45, 2.75) is 6.92 Å². The van der Waals surface area contributed by atoms with Crippen LogP contribution in [0.2, 0.25) is 0 Å². The molecule has 0 aliphatic heterocycles. The van der Waals surface area contributed by atoms with E-state index in [0.29, 0.717) is 28.6 Å². The summed E-state index contributed by atoms with van der Waals surface area (Å²) >= 11 is 1.47. The van der Waals surface area contributed by atoms with Gasteiger partial charge in [0, 0.05) is 11.1 Å². The first-order valence-electron chi connectivity index (χ1n) is 9.06. The van der Waals surface area contributed by atoms with E-state index >= 15 is 0 Å². The van der Waals surface area contributed by atoms with Crippen LogP contribution in [-0.4, -0.2) is 51.0 Å². The number of anilines is 1. The third-order valence-corrected chi connectivity index (χ3v) is 5.48. The maximum Gasteiger partial charge on any atom is 0.260 e. The monoisotopic (exact) mass is 398 g/mol. The standard InChI is InChI=1S/C21H23N3O3S/c1-14(25)15-8-10-16(11-9-15)20(26)24(13-12-23(2)3)21-22-19-17(27-4)6-5-7-18(19)28-21/h5-11H,12-13H2,1-4H3/p+1. The average molecular weight is 399 g/mol. The Labute approximate surface area is 168 Å². The summed E-state index contributed by atoms with van der Waals surface area (Å²) in [6.07, 6.45) is 0. The van der Waals surface area contributed by atoms with Crippen LogP contribution in [0.3, 0.4) is 0 Å². The molecule has 1 aromatic heterocycles. The smallest absolute Gasteiger partial charge is 0.260 e. The minimum absolute atomic E-state index is 0.0228. The van der Waals surface area contributed by atoms with E-state index in [9.17, 15) is 9.59 Å². The van der Waals surface area contributed by atoms with Gasteiger partial charge in [0.2, 0.25) is 0 Å². The predicted octanol–water partition coefficient (Wildman–Crippen LogP) is 2.30. The number of carbonyl (C=O) groups excluding carboxylic acids is 2. The molecule has 1 amide bonds. The van der Waals surface area contributed by atoms with Gasteiger partial charge in [0.05, 0.1) is 39.0 Å². The quantitative estimate of drug-likeness (QED) is 0.621. The Bertz CT molecular complexity index is 996. The normalized spacial score (nSPS) is 11.0. The molecule has 0 bridgehead atoms. The summed E-state index contributed by atoms with van der Waals surface area (Å²) in [5.41, 5.74) is 1.88. The summed E-state index contributed by atoms with van der Waals surface area (Å²) in [6.45, 7) is 2.83. The minimum atomic E-state index is -0.130. The molecule has 0 aliphatic rings. The minimum Gasteiger partial charge on any atom is -0.494 e. The number of nitrogens with one attached hydrogen (secondary N) is 1. The molecule has 7 heteroatoms. The first-order chi connectivity index (χ1) is 13.4. The maximum absolute atomic E-state index is 13.2. The average Bonchev–Trinajstić information content (AvgIpc) is 3.11. The zero-order valence-electron chi connectivity index (χ0n) is 16.5. The van der Waals surface area contributed by atoms with Crippen molar-refractivity contribution < 1.29 is 19.2 Å². The molecule has 1 heterocycles. The molecular formula is C21H24N3O3S+. The highest BCUT2D eigenvalue weighted by Crippen LogP contribution is 2.34. The van der Waals surface area contributed by atoms with Crippen molar-refractivity contribution in [3.05, 3.63) is 53.6 Å². The first kappa shape index (κ1) is 20.0. The van der Waals surface area contributed by atoms with Crippen LogP contribution in [-0.2, 0) is 0 Å². The molecule has 3 rings (SSSR count). The molecule has 146 valence electrons. The number of amides is 1. The predicted molar refractivity (Wildman–Crippen MR) is 112 cm³/mol. The van der Waals surface area contributed by atoms with Crippen LogP contribution in [0.25, 0.3) is 10.2 Å². The number of aromatic nitrogens is 1. The molecule has 0 radical (unpaired) electrons. The van der Waals surface area contributed by atoms with Gasteiger partial charge in [0.1, 0.15) is 11.3 Å². The molecule has 0 spiro atoms. The van der Waals surface area contributed by atoms with E-state index < -0.39 is 0 Å². The molecule has 0 aliphatic carbocycles. The number of thiazole rings is 1. The number of nitrogens with zero attached hydrogens (tertiary/aromatic N) is 2. The fourth-order valence-corrected chi connectivity index (χ4v) is 3.82. The number of fused-ring (bicyclic) bond motifs is 1. The summed E-state index contributed by atoms with van der Waals surface area (Å²) in [5, 5.41) is 0.640. The third-order valence-electron chi connectivity index (χ3n) is 4.44. The molecule has 2 aromatic carbocycles. The number of likely N-dealkylation sites (N-methyl/N-ethyl adjacent to an activating group) is 1. The summed E-state index contributed by atoms with van der Waals surface area (Å²) in [5.74, 6) is 0.538. The molecule has 28 heavy (non-hydrogen) atoms. The second-order valence-electron chi connectivity index (χ2n) is 6.85. The number of hydrogen-bond donors (Lipinski definition) is 1. The second-order valence-corrected chi connectivity index (χ2v) is 7.86. The van der Waals surface area contributed by atoms with Crippen LogP contribution in [0.5, 0.6) is 5.75 Å². The molecule has 6 nitrogen and oxygen atoms in total. The summed E-state index contributed by atoms with van der Waals surface area (Å²) in [6, 6.07) is 12.5. The van der Waals surface area contributed by atoms with Gasteiger partial charge in [-0.05, 0) is 31.2 Å². The molecule has 0 saturated carbocycles. The lowest BCUT2D eigenvalue weighted by Gasteiger charge is -2.20. The zero-order chi connectivity index (χ0) is 20.3. The van der Waals surface area contributed by atoms with Crippen molar-refractivity contribution >= 4 is 38.4 Å². The SMILES string of the molecule is COc1cccc2sc(N(CC[NH+](C)C)C(=O)c3ccc(C(C)=O)cc3)nc12. The Morgan fingerprint density at radius 2 is 1.79 bits per heavy atom. The highest BCUT2D eigenvalue weighted by molar-refractivity contribution is 7.22. The van der Waals surface area contributed by atoms with E-state index in [4.69, 9.17) is 4.74 Å². The molecular weight excluding hydrogens is 374 g/mol. The molecule has 3 aromatic rings. The number of rotatable bonds is 7. The molecule has 0 fully saturated rings. The van der Waals surface area contributed by atoms with Crippen molar-refractivity contribution in [3.8, 4) is 5.75 Å². The first-order valence-corrected chi connectivity index (χ1v) is 9.87. The van der Waals surface area contributed by atoms with E-state index in [1.165, 1.54) is 23.2 Å². The lowest BCUT2D eigenvalue weighted by atomic mass is 10.1. The number of Topliss-reactive ketones (excluding diaryl/α,β-unsaturated/α-hetero) is 1. The van der Waals surface area contributed by atoms with E-state index in [-0.39, 0.29) is 11.7 Å². The number of methoxy groups -OCH3 is 1. The van der Waals surface area contributed by atoms with Crippen LogP contribution < -0.4 is 14.5 Å². The van der Waals surface area contributed by atoms with Gasteiger partial charge in [0.15, 0.2) is 10.9 Å². The van der Waals surface area contributed by atoms with Gasteiger partial charge in [-0.3, -0.25) is 14.5 Å². The van der Waals surface area contributed by atoms with Crippen molar-refractivity contribution in [1.82, 2.24) is 4.98 Å². The Morgan fingerprint density at radius 3 is 2.39 bits per heavy atom. The fraction of sp³-hybridized carbons (Fsp3) is 0.286. The molecule has 1 N–H and O–H groups in total. The topological polar surface area (TPSA) is 63.9 Å². The van der Waals surface area contributed by atoms with Gasteiger partial charge in [-0.25, -0.2) is 4.98 Å². The van der Waals surface area contributed by atoms with Crippen LogP contribution in [0, 0.1) is 0 Å². The number of ether oxygens (including phenoxy) is 1. The van der Waals surface area contributed by atoms with Crippen LogP contribution >= 0.6 is 11.3 Å². The Morgan fingerprint density at radius 1 is 1.11 bits per heavy atom.